The molecule has 2 aromatic rings. The molecule has 1 N–H and O–H groups in total. The average molecular weight is 469 g/mol. The van der Waals surface area contributed by atoms with Crippen molar-refractivity contribution in [2.45, 2.75) is 19.9 Å². The molecule has 2 saturated heterocycles. The number of rotatable bonds is 7. The highest BCUT2D eigenvalue weighted by Crippen LogP contribution is 2.40. The molecule has 0 saturated carbocycles. The zero-order chi connectivity index (χ0) is 24.2. The van der Waals surface area contributed by atoms with Gasteiger partial charge in [0.1, 0.15) is 17.3 Å². The van der Waals surface area contributed by atoms with Crippen LogP contribution in [0.25, 0.3) is 5.76 Å². The Morgan fingerprint density at radius 1 is 1.15 bits per heavy atom. The summed E-state index contributed by atoms with van der Waals surface area (Å²) in [5.74, 6) is -1.77. The standard InChI is InChI=1S/C26H29FN2O5/c1-3-34-21-9-8-18(16-17(21)2)24(30)22-23(19-6-4-5-7-20(19)27)29(26(32)25(22)31)11-10-28-12-14-33-15-13-28/h4-9,16,23,30H,3,10-15H2,1-2H3/t23-/m0/s1. The third-order valence-corrected chi connectivity index (χ3v) is 6.25. The second kappa shape index (κ2) is 10.4. The summed E-state index contributed by atoms with van der Waals surface area (Å²) in [7, 11) is 0. The maximum absolute atomic E-state index is 14.9. The number of ether oxygens (including phenoxy) is 2. The first kappa shape index (κ1) is 23.9. The Hall–Kier alpha value is -3.23. The molecule has 0 aliphatic carbocycles. The van der Waals surface area contributed by atoms with Crippen molar-refractivity contribution in [2.75, 3.05) is 46.0 Å². The van der Waals surface area contributed by atoms with Gasteiger partial charge in [0, 0.05) is 37.3 Å². The number of hydrogen-bond acceptors (Lipinski definition) is 6. The van der Waals surface area contributed by atoms with Crippen LogP contribution in [-0.4, -0.2) is 72.6 Å². The summed E-state index contributed by atoms with van der Waals surface area (Å²) in [6.45, 7) is 7.59. The molecule has 0 radical (unpaired) electrons. The van der Waals surface area contributed by atoms with E-state index >= 15 is 0 Å². The van der Waals surface area contributed by atoms with Crippen LogP contribution in [0.5, 0.6) is 5.75 Å². The van der Waals surface area contributed by atoms with Crippen LogP contribution in [0.1, 0.15) is 29.7 Å². The molecule has 8 heteroatoms. The van der Waals surface area contributed by atoms with Gasteiger partial charge in [0.15, 0.2) is 0 Å². The highest BCUT2D eigenvalue weighted by Gasteiger charge is 2.46. The summed E-state index contributed by atoms with van der Waals surface area (Å²) in [4.78, 5) is 29.7. The SMILES string of the molecule is CCOc1ccc(C(O)=C2C(=O)C(=O)N(CCN3CCOCC3)[C@H]2c2ccccc2F)cc1C. The zero-order valence-corrected chi connectivity index (χ0v) is 19.4. The molecular formula is C26H29FN2O5. The van der Waals surface area contributed by atoms with E-state index in [-0.39, 0.29) is 23.4 Å². The third kappa shape index (κ3) is 4.69. The molecule has 2 aliphatic heterocycles. The van der Waals surface area contributed by atoms with E-state index in [0.717, 1.165) is 18.7 Å². The van der Waals surface area contributed by atoms with Crippen LogP contribution in [0.3, 0.4) is 0 Å². The van der Waals surface area contributed by atoms with Crippen molar-refractivity contribution in [3.05, 3.63) is 70.5 Å². The lowest BCUT2D eigenvalue weighted by atomic mass is 9.94. The molecule has 2 aromatic carbocycles. The molecule has 2 heterocycles. The number of ketones is 1. The summed E-state index contributed by atoms with van der Waals surface area (Å²) >= 11 is 0. The van der Waals surface area contributed by atoms with Crippen molar-refractivity contribution in [3.8, 4) is 5.75 Å². The molecule has 7 nitrogen and oxygen atoms in total. The van der Waals surface area contributed by atoms with Crippen LogP contribution in [0, 0.1) is 12.7 Å². The number of hydrogen-bond donors (Lipinski definition) is 1. The monoisotopic (exact) mass is 468 g/mol. The molecule has 0 bridgehead atoms. The molecule has 0 spiro atoms. The summed E-state index contributed by atoms with van der Waals surface area (Å²) in [6.07, 6.45) is 0. The van der Waals surface area contributed by atoms with Crippen LogP contribution >= 0.6 is 0 Å². The number of aryl methyl sites for hydroxylation is 1. The number of Topliss-reactive ketones (excluding diaryl/α,β-unsaturated/α-hetero) is 1. The lowest BCUT2D eigenvalue weighted by Crippen LogP contribution is -2.42. The fourth-order valence-corrected chi connectivity index (χ4v) is 4.47. The second-order valence-corrected chi connectivity index (χ2v) is 8.38. The van der Waals surface area contributed by atoms with Crippen molar-refractivity contribution in [1.82, 2.24) is 9.80 Å². The summed E-state index contributed by atoms with van der Waals surface area (Å²) in [6, 6.07) is 10.1. The van der Waals surface area contributed by atoms with E-state index in [2.05, 4.69) is 4.90 Å². The lowest BCUT2D eigenvalue weighted by Gasteiger charge is -2.31. The second-order valence-electron chi connectivity index (χ2n) is 8.38. The lowest BCUT2D eigenvalue weighted by molar-refractivity contribution is -0.140. The predicted molar refractivity (Wildman–Crippen MR) is 125 cm³/mol. The first-order valence-electron chi connectivity index (χ1n) is 11.5. The van der Waals surface area contributed by atoms with Gasteiger partial charge < -0.3 is 19.5 Å². The topological polar surface area (TPSA) is 79.3 Å². The molecule has 180 valence electrons. The van der Waals surface area contributed by atoms with Crippen LogP contribution < -0.4 is 4.74 Å². The molecule has 0 aromatic heterocycles. The van der Waals surface area contributed by atoms with Gasteiger partial charge in [0.05, 0.1) is 31.4 Å². The minimum absolute atomic E-state index is 0.111. The molecule has 4 rings (SSSR count). The van der Waals surface area contributed by atoms with E-state index in [1.54, 1.807) is 36.4 Å². The number of likely N-dealkylation sites (tertiary alicyclic amines) is 1. The fourth-order valence-electron chi connectivity index (χ4n) is 4.47. The molecule has 2 aliphatic rings. The maximum Gasteiger partial charge on any atom is 0.295 e. The summed E-state index contributed by atoms with van der Waals surface area (Å²) in [5.41, 5.74) is 1.21. The minimum Gasteiger partial charge on any atom is -0.507 e. The van der Waals surface area contributed by atoms with E-state index < -0.39 is 23.5 Å². The maximum atomic E-state index is 14.9. The first-order chi connectivity index (χ1) is 16.4. The molecule has 0 unspecified atom stereocenters. The molecule has 2 fully saturated rings. The summed E-state index contributed by atoms with van der Waals surface area (Å²) in [5, 5.41) is 11.2. The van der Waals surface area contributed by atoms with E-state index in [9.17, 15) is 19.1 Å². The number of aliphatic hydroxyl groups excluding tert-OH is 1. The number of carbonyl (C=O) groups excluding carboxylic acids is 2. The van der Waals surface area contributed by atoms with Crippen molar-refractivity contribution in [3.63, 3.8) is 0 Å². The Morgan fingerprint density at radius 3 is 2.56 bits per heavy atom. The van der Waals surface area contributed by atoms with E-state index in [4.69, 9.17) is 9.47 Å². The predicted octanol–water partition coefficient (Wildman–Crippen LogP) is 3.29. The van der Waals surface area contributed by atoms with Gasteiger partial charge in [-0.25, -0.2) is 4.39 Å². The van der Waals surface area contributed by atoms with Crippen molar-refractivity contribution in [2.24, 2.45) is 0 Å². The Balaban J connectivity index is 1.75. The van der Waals surface area contributed by atoms with E-state index in [0.29, 0.717) is 37.7 Å². The Bertz CT molecular complexity index is 1110. The number of benzene rings is 2. The Morgan fingerprint density at radius 2 is 1.88 bits per heavy atom. The van der Waals surface area contributed by atoms with Gasteiger partial charge in [0.25, 0.3) is 11.7 Å². The van der Waals surface area contributed by atoms with Gasteiger partial charge in [-0.15, -0.1) is 0 Å². The van der Waals surface area contributed by atoms with Crippen LogP contribution in [0.15, 0.2) is 48.0 Å². The first-order valence-corrected chi connectivity index (χ1v) is 11.5. The van der Waals surface area contributed by atoms with Crippen molar-refractivity contribution >= 4 is 17.4 Å². The normalized spacial score (nSPS) is 20.7. The number of aliphatic hydroxyl groups is 1. The van der Waals surface area contributed by atoms with Gasteiger partial charge in [-0.1, -0.05) is 18.2 Å². The van der Waals surface area contributed by atoms with Gasteiger partial charge in [0.2, 0.25) is 0 Å². The third-order valence-electron chi connectivity index (χ3n) is 6.25. The fraction of sp³-hybridized carbons (Fsp3) is 0.385. The number of nitrogens with zero attached hydrogens (tertiary/aromatic N) is 2. The Kier molecular flexibility index (Phi) is 7.29. The van der Waals surface area contributed by atoms with Gasteiger partial charge in [-0.05, 0) is 43.7 Å². The van der Waals surface area contributed by atoms with Crippen LogP contribution in [0.2, 0.25) is 0 Å². The molecule has 1 amide bonds. The zero-order valence-electron chi connectivity index (χ0n) is 19.4. The molecule has 1 atom stereocenters. The van der Waals surface area contributed by atoms with Gasteiger partial charge >= 0.3 is 0 Å². The van der Waals surface area contributed by atoms with Gasteiger partial charge in [-0.2, -0.15) is 0 Å². The number of morpholine rings is 1. The van der Waals surface area contributed by atoms with Crippen molar-refractivity contribution < 1.29 is 28.6 Å². The summed E-state index contributed by atoms with van der Waals surface area (Å²) < 4.78 is 25.8. The smallest absolute Gasteiger partial charge is 0.295 e. The average Bonchev–Trinajstić information content (AvgIpc) is 3.09. The highest BCUT2D eigenvalue weighted by molar-refractivity contribution is 6.46. The number of halogens is 1. The molecular weight excluding hydrogens is 439 g/mol. The van der Waals surface area contributed by atoms with E-state index in [1.165, 1.54) is 11.0 Å². The highest BCUT2D eigenvalue weighted by atomic mass is 19.1. The van der Waals surface area contributed by atoms with Gasteiger partial charge in [-0.3, -0.25) is 14.5 Å². The van der Waals surface area contributed by atoms with Crippen LogP contribution in [-0.2, 0) is 14.3 Å². The molecule has 34 heavy (non-hydrogen) atoms. The van der Waals surface area contributed by atoms with E-state index in [1.807, 2.05) is 13.8 Å². The Labute approximate surface area is 198 Å². The minimum atomic E-state index is -1.02. The largest absolute Gasteiger partial charge is 0.507 e. The van der Waals surface area contributed by atoms with Crippen LogP contribution in [0.4, 0.5) is 4.39 Å². The number of amides is 1. The number of carbonyl (C=O) groups is 2. The van der Waals surface area contributed by atoms with Crippen molar-refractivity contribution in [1.29, 1.82) is 0 Å². The quantitative estimate of drug-likeness (QED) is 0.382.